The number of thioether (sulfide) groups is 1. The topological polar surface area (TPSA) is 85.8 Å². The van der Waals surface area contributed by atoms with E-state index < -0.39 is 40.8 Å². The van der Waals surface area contributed by atoms with Crippen molar-refractivity contribution in [3.05, 3.63) is 54.4 Å². The van der Waals surface area contributed by atoms with Crippen LogP contribution in [0.15, 0.2) is 53.7 Å². The summed E-state index contributed by atoms with van der Waals surface area (Å²) in [6.07, 6.45) is -1.76. The first kappa shape index (κ1) is 26.6. The van der Waals surface area contributed by atoms with Gasteiger partial charge in [0.25, 0.3) is 0 Å². The van der Waals surface area contributed by atoms with Gasteiger partial charge in [0.15, 0.2) is 6.54 Å². The lowest BCUT2D eigenvalue weighted by atomic mass is 10.0. The van der Waals surface area contributed by atoms with Crippen LogP contribution in [0.2, 0.25) is 0 Å². The molecule has 0 spiro atoms. The second kappa shape index (κ2) is 10.3. The summed E-state index contributed by atoms with van der Waals surface area (Å²) in [5.74, 6) is -2.57. The molecule has 35 heavy (non-hydrogen) atoms. The fourth-order valence-corrected chi connectivity index (χ4v) is 4.44. The highest BCUT2D eigenvalue weighted by Gasteiger charge is 2.71. The number of anilines is 1. The standard InChI is InChI=1S/C23H25F3N3O5S/c1-22(2)19(30)28(17-5-7-18(8-6-17)35-14-4-13-33-3)21(32)29(22,34-20(31)23(24,25)26)15-16-9-11-27-12-10-16/h5-12H,4,13-15H2,1-3H3/q+1. The molecule has 2 heterocycles. The molecular formula is C23H25F3N3O5S+. The predicted octanol–water partition coefficient (Wildman–Crippen LogP) is 4.49. The molecule has 1 aromatic carbocycles. The summed E-state index contributed by atoms with van der Waals surface area (Å²) in [5.41, 5.74) is -1.34. The SMILES string of the molecule is COCCCSc1ccc(N2C(=O)C(C)(C)[N+](Cc3ccncc3)(OC(=O)C(F)(F)F)C2=O)cc1. The second-order valence-electron chi connectivity index (χ2n) is 8.30. The largest absolute Gasteiger partial charge is 0.497 e. The number of amides is 3. The van der Waals surface area contributed by atoms with Gasteiger partial charge in [-0.25, -0.2) is 9.59 Å². The number of nitrogens with zero attached hydrogens (tertiary/aromatic N) is 3. The van der Waals surface area contributed by atoms with E-state index in [2.05, 4.69) is 4.98 Å². The number of hydroxylamine groups is 3. The van der Waals surface area contributed by atoms with Gasteiger partial charge in [0.1, 0.15) is 0 Å². The van der Waals surface area contributed by atoms with E-state index in [1.54, 1.807) is 31.0 Å². The summed E-state index contributed by atoms with van der Waals surface area (Å²) in [6.45, 7) is 2.67. The lowest BCUT2D eigenvalue weighted by molar-refractivity contribution is -1.06. The van der Waals surface area contributed by atoms with Gasteiger partial charge in [-0.3, -0.25) is 14.6 Å². The van der Waals surface area contributed by atoms with Crippen LogP contribution >= 0.6 is 11.8 Å². The van der Waals surface area contributed by atoms with E-state index in [4.69, 9.17) is 9.57 Å². The molecule has 0 saturated carbocycles. The van der Waals surface area contributed by atoms with Crippen molar-refractivity contribution < 1.29 is 41.8 Å². The third kappa shape index (κ3) is 5.34. The maximum atomic E-state index is 13.6. The molecule has 0 aliphatic carbocycles. The Kier molecular flexibility index (Phi) is 7.87. The van der Waals surface area contributed by atoms with Crippen LogP contribution in [0.25, 0.3) is 0 Å². The Morgan fingerprint density at radius 2 is 1.74 bits per heavy atom. The highest BCUT2D eigenvalue weighted by molar-refractivity contribution is 7.99. The third-order valence-corrected chi connectivity index (χ3v) is 6.71. The molecule has 12 heteroatoms. The first-order valence-electron chi connectivity index (χ1n) is 10.6. The van der Waals surface area contributed by atoms with Gasteiger partial charge in [0.05, 0.1) is 5.69 Å². The van der Waals surface area contributed by atoms with Crippen molar-refractivity contribution in [2.45, 2.75) is 43.4 Å². The first-order valence-corrected chi connectivity index (χ1v) is 11.6. The van der Waals surface area contributed by atoms with E-state index >= 15 is 0 Å². The van der Waals surface area contributed by atoms with Gasteiger partial charge in [-0.05, 0) is 47.5 Å². The van der Waals surface area contributed by atoms with Gasteiger partial charge in [-0.15, -0.1) is 11.8 Å². The molecule has 0 radical (unpaired) electrons. The van der Waals surface area contributed by atoms with Crippen molar-refractivity contribution in [3.8, 4) is 0 Å². The molecule has 2 aromatic rings. The number of hydrogen-bond acceptors (Lipinski definition) is 7. The Labute approximate surface area is 204 Å². The molecule has 8 nitrogen and oxygen atoms in total. The molecule has 1 fully saturated rings. The van der Waals surface area contributed by atoms with E-state index in [9.17, 15) is 27.6 Å². The number of pyridine rings is 1. The molecule has 0 bridgehead atoms. The molecule has 1 unspecified atom stereocenters. The third-order valence-electron chi connectivity index (χ3n) is 5.61. The second-order valence-corrected chi connectivity index (χ2v) is 9.47. The lowest BCUT2D eigenvalue weighted by Gasteiger charge is -2.35. The van der Waals surface area contributed by atoms with Crippen molar-refractivity contribution >= 4 is 35.4 Å². The van der Waals surface area contributed by atoms with E-state index in [0.717, 1.165) is 22.0 Å². The van der Waals surface area contributed by atoms with Crippen LogP contribution < -0.4 is 4.90 Å². The van der Waals surface area contributed by atoms with E-state index in [1.807, 2.05) is 0 Å². The summed E-state index contributed by atoms with van der Waals surface area (Å²) in [5, 5.41) is 0. The number of methoxy groups -OCH3 is 1. The van der Waals surface area contributed by atoms with Crippen LogP contribution in [0.5, 0.6) is 0 Å². The molecule has 1 atom stereocenters. The Morgan fingerprint density at radius 1 is 1.11 bits per heavy atom. The number of quaternary nitrogens is 1. The number of ether oxygens (including phenoxy) is 1. The summed E-state index contributed by atoms with van der Waals surface area (Å²) in [4.78, 5) is 49.3. The molecule has 1 aromatic heterocycles. The smallest absolute Gasteiger partial charge is 0.385 e. The Bertz CT molecular complexity index is 1080. The molecule has 3 rings (SSSR count). The highest BCUT2D eigenvalue weighted by Crippen LogP contribution is 2.42. The van der Waals surface area contributed by atoms with Crippen molar-refractivity contribution in [1.29, 1.82) is 0 Å². The highest BCUT2D eigenvalue weighted by atomic mass is 32.2. The summed E-state index contributed by atoms with van der Waals surface area (Å²) in [6, 6.07) is 8.30. The van der Waals surface area contributed by atoms with Crippen molar-refractivity contribution in [2.75, 3.05) is 24.4 Å². The van der Waals surface area contributed by atoms with Crippen LogP contribution in [0, 0.1) is 0 Å². The minimum absolute atomic E-state index is 0.159. The zero-order valence-corrected chi connectivity index (χ0v) is 20.2. The Hall–Kier alpha value is -2.96. The average molecular weight is 513 g/mol. The van der Waals surface area contributed by atoms with Gasteiger partial charge in [-0.1, -0.05) is 0 Å². The number of urea groups is 1. The Balaban J connectivity index is 1.98. The Morgan fingerprint density at radius 3 is 2.31 bits per heavy atom. The fourth-order valence-electron chi connectivity index (χ4n) is 3.62. The number of halogens is 3. The number of aromatic nitrogens is 1. The quantitative estimate of drug-likeness (QED) is 0.212. The number of carbonyl (C=O) groups excluding carboxylic acids is 3. The summed E-state index contributed by atoms with van der Waals surface area (Å²) >= 11 is 1.55. The molecular weight excluding hydrogens is 487 g/mol. The van der Waals surface area contributed by atoms with Gasteiger partial charge >= 0.3 is 24.1 Å². The van der Waals surface area contributed by atoms with Crippen LogP contribution in [0.4, 0.5) is 23.7 Å². The molecule has 1 aliphatic heterocycles. The molecule has 3 amide bonds. The first-order chi connectivity index (χ1) is 16.4. The van der Waals surface area contributed by atoms with Gasteiger partial charge < -0.3 is 4.74 Å². The molecule has 188 valence electrons. The van der Waals surface area contributed by atoms with E-state index in [-0.39, 0.29) is 5.69 Å². The van der Waals surface area contributed by atoms with Crippen LogP contribution in [0.3, 0.4) is 0 Å². The molecule has 0 N–H and O–H groups in total. The summed E-state index contributed by atoms with van der Waals surface area (Å²) < 4.78 is 43.1. The number of alkyl halides is 3. The lowest BCUT2D eigenvalue weighted by Crippen LogP contribution is -2.62. The van der Waals surface area contributed by atoms with E-state index in [0.29, 0.717) is 12.2 Å². The minimum Gasteiger partial charge on any atom is -0.385 e. The summed E-state index contributed by atoms with van der Waals surface area (Å²) in [7, 11) is 1.62. The normalized spacial score (nSPS) is 19.8. The van der Waals surface area contributed by atoms with Crippen LogP contribution in [0.1, 0.15) is 25.8 Å². The van der Waals surface area contributed by atoms with Crippen LogP contribution in [-0.2, 0) is 25.7 Å². The van der Waals surface area contributed by atoms with Crippen molar-refractivity contribution in [1.82, 2.24) is 4.98 Å². The number of benzene rings is 1. The van der Waals surface area contributed by atoms with Crippen LogP contribution in [-0.4, -0.2) is 58.7 Å². The van der Waals surface area contributed by atoms with Gasteiger partial charge in [0.2, 0.25) is 5.54 Å². The molecule has 1 aliphatic rings. The number of imide groups is 1. The van der Waals surface area contributed by atoms with E-state index in [1.165, 1.54) is 50.5 Å². The van der Waals surface area contributed by atoms with Gasteiger partial charge in [0, 0.05) is 56.2 Å². The zero-order valence-electron chi connectivity index (χ0n) is 19.4. The number of rotatable bonds is 9. The minimum atomic E-state index is -5.36. The molecule has 1 saturated heterocycles. The predicted molar refractivity (Wildman–Crippen MR) is 121 cm³/mol. The maximum Gasteiger partial charge on any atom is 0.497 e. The van der Waals surface area contributed by atoms with Gasteiger partial charge in [-0.2, -0.15) is 18.1 Å². The zero-order chi connectivity index (χ0) is 25.9. The number of hydrogen-bond donors (Lipinski definition) is 0. The maximum absolute atomic E-state index is 13.6. The fraction of sp³-hybridized carbons (Fsp3) is 0.391. The van der Waals surface area contributed by atoms with Crippen molar-refractivity contribution in [2.24, 2.45) is 0 Å². The number of carbonyl (C=O) groups is 3. The monoisotopic (exact) mass is 512 g/mol. The average Bonchev–Trinajstić information content (AvgIpc) is 2.95. The van der Waals surface area contributed by atoms with Crippen molar-refractivity contribution in [3.63, 3.8) is 0 Å².